The zero-order chi connectivity index (χ0) is 23.5. The van der Waals surface area contributed by atoms with Gasteiger partial charge >= 0.3 is 5.97 Å². The van der Waals surface area contributed by atoms with Crippen LogP contribution in [0.15, 0.2) is 36.4 Å². The highest BCUT2D eigenvalue weighted by molar-refractivity contribution is 5.91. The molecule has 2 heterocycles. The lowest BCUT2D eigenvalue weighted by Crippen LogP contribution is -2.36. The van der Waals surface area contributed by atoms with E-state index in [-0.39, 0.29) is 34.6 Å². The van der Waals surface area contributed by atoms with Crippen LogP contribution in [0.2, 0.25) is 0 Å². The standard InChI is InChI=1S/C23H27N5O5/c1-14(2)17-11-18(20(30)12-19(17)29)28-22(21(23(31)32)25-26-28)24-13-15-3-5-16(6-4-15)27-7-9-33-10-8-27/h3-6,11-12,14,24,29-30H,7-10,13H2,1-2H3,(H,31,32). The number of hydrogen-bond acceptors (Lipinski definition) is 8. The van der Waals surface area contributed by atoms with Gasteiger partial charge in [-0.15, -0.1) is 5.10 Å². The predicted octanol–water partition coefficient (Wildman–Crippen LogP) is 2.95. The van der Waals surface area contributed by atoms with Crippen LogP contribution in [0.1, 0.15) is 41.4 Å². The fourth-order valence-electron chi connectivity index (χ4n) is 3.80. The second kappa shape index (κ2) is 9.37. The van der Waals surface area contributed by atoms with Gasteiger partial charge in [0.1, 0.15) is 17.2 Å². The normalized spacial score (nSPS) is 14.0. The number of benzene rings is 2. The molecule has 10 nitrogen and oxygen atoms in total. The molecule has 1 saturated heterocycles. The van der Waals surface area contributed by atoms with Crippen LogP contribution in [0.5, 0.6) is 11.5 Å². The van der Waals surface area contributed by atoms with Crippen LogP contribution in [0.3, 0.4) is 0 Å². The van der Waals surface area contributed by atoms with Crippen molar-refractivity contribution in [2.24, 2.45) is 0 Å². The molecule has 0 spiro atoms. The first kappa shape index (κ1) is 22.4. The number of phenols is 2. The van der Waals surface area contributed by atoms with E-state index in [4.69, 9.17) is 4.74 Å². The summed E-state index contributed by atoms with van der Waals surface area (Å²) in [6, 6.07) is 10.8. The number of carboxylic acid groups (broad SMARTS) is 1. The maximum Gasteiger partial charge on any atom is 0.360 e. The van der Waals surface area contributed by atoms with E-state index in [0.29, 0.717) is 25.3 Å². The third kappa shape index (κ3) is 4.70. The van der Waals surface area contributed by atoms with Gasteiger partial charge in [-0.1, -0.05) is 31.2 Å². The second-order valence-electron chi connectivity index (χ2n) is 8.18. The highest BCUT2D eigenvalue weighted by Gasteiger charge is 2.23. The van der Waals surface area contributed by atoms with E-state index in [1.165, 1.54) is 10.7 Å². The van der Waals surface area contributed by atoms with Gasteiger partial charge in [0.25, 0.3) is 0 Å². The maximum absolute atomic E-state index is 11.7. The number of hydrogen-bond donors (Lipinski definition) is 4. The Bertz CT molecular complexity index is 1140. The van der Waals surface area contributed by atoms with Gasteiger partial charge in [-0.25, -0.2) is 4.79 Å². The molecule has 4 rings (SSSR count). The number of aromatic hydroxyl groups is 2. The van der Waals surface area contributed by atoms with Crippen LogP contribution in [-0.2, 0) is 11.3 Å². The van der Waals surface area contributed by atoms with Gasteiger partial charge in [-0.2, -0.15) is 4.68 Å². The number of aromatic carboxylic acids is 1. The van der Waals surface area contributed by atoms with E-state index in [2.05, 4.69) is 20.5 Å². The molecule has 1 aromatic heterocycles. The average molecular weight is 453 g/mol. The first-order valence-electron chi connectivity index (χ1n) is 10.8. The smallest absolute Gasteiger partial charge is 0.360 e. The molecule has 4 N–H and O–H groups in total. The summed E-state index contributed by atoms with van der Waals surface area (Å²) in [5, 5.41) is 41.0. The number of morpholine rings is 1. The van der Waals surface area contributed by atoms with Gasteiger partial charge < -0.3 is 30.3 Å². The Balaban J connectivity index is 1.60. The minimum absolute atomic E-state index is 0.0202. The number of ether oxygens (including phenoxy) is 1. The van der Waals surface area contributed by atoms with Crippen molar-refractivity contribution < 1.29 is 24.9 Å². The number of rotatable bonds is 7. The number of anilines is 2. The number of nitrogens with zero attached hydrogens (tertiary/aromatic N) is 4. The lowest BCUT2D eigenvalue weighted by molar-refractivity contribution is 0.0691. The monoisotopic (exact) mass is 453 g/mol. The van der Waals surface area contributed by atoms with Crippen LogP contribution in [0.4, 0.5) is 11.5 Å². The molecule has 33 heavy (non-hydrogen) atoms. The highest BCUT2D eigenvalue weighted by atomic mass is 16.5. The second-order valence-corrected chi connectivity index (χ2v) is 8.18. The van der Waals surface area contributed by atoms with Crippen molar-refractivity contribution in [3.05, 3.63) is 53.2 Å². The molecular weight excluding hydrogens is 426 g/mol. The molecular formula is C23H27N5O5. The van der Waals surface area contributed by atoms with Gasteiger partial charge in [0, 0.05) is 31.4 Å². The van der Waals surface area contributed by atoms with Crippen molar-refractivity contribution in [2.75, 3.05) is 36.5 Å². The Labute approximate surface area is 191 Å². The summed E-state index contributed by atoms with van der Waals surface area (Å²) in [6.07, 6.45) is 0. The Hall–Kier alpha value is -3.79. The molecule has 1 aliphatic rings. The fourth-order valence-corrected chi connectivity index (χ4v) is 3.80. The van der Waals surface area contributed by atoms with E-state index in [1.54, 1.807) is 6.07 Å². The van der Waals surface area contributed by atoms with Crippen molar-refractivity contribution >= 4 is 17.5 Å². The van der Waals surface area contributed by atoms with Crippen molar-refractivity contribution in [1.82, 2.24) is 15.0 Å². The lowest BCUT2D eigenvalue weighted by atomic mass is 10.0. The van der Waals surface area contributed by atoms with Gasteiger partial charge in [0.05, 0.1) is 13.2 Å². The van der Waals surface area contributed by atoms with E-state index in [9.17, 15) is 20.1 Å². The third-order valence-corrected chi connectivity index (χ3v) is 5.62. The largest absolute Gasteiger partial charge is 0.508 e. The molecule has 1 fully saturated rings. The number of phenolic OH excluding ortho intramolecular Hbond substituents is 2. The Morgan fingerprint density at radius 3 is 2.45 bits per heavy atom. The molecule has 0 aliphatic carbocycles. The topological polar surface area (TPSA) is 133 Å². The number of carbonyl (C=O) groups is 1. The summed E-state index contributed by atoms with van der Waals surface area (Å²) in [5.41, 5.74) is 2.60. The van der Waals surface area contributed by atoms with E-state index in [0.717, 1.165) is 24.3 Å². The molecule has 1 aliphatic heterocycles. The summed E-state index contributed by atoms with van der Waals surface area (Å²) < 4.78 is 6.64. The van der Waals surface area contributed by atoms with Crippen LogP contribution in [0, 0.1) is 0 Å². The first-order chi connectivity index (χ1) is 15.8. The fraction of sp³-hybridized carbons (Fsp3) is 0.348. The lowest BCUT2D eigenvalue weighted by Gasteiger charge is -2.28. The first-order valence-corrected chi connectivity index (χ1v) is 10.8. The zero-order valence-electron chi connectivity index (χ0n) is 18.5. The van der Waals surface area contributed by atoms with Gasteiger partial charge in [0.2, 0.25) is 5.69 Å². The van der Waals surface area contributed by atoms with Gasteiger partial charge in [-0.3, -0.25) is 0 Å². The van der Waals surface area contributed by atoms with Crippen molar-refractivity contribution in [3.63, 3.8) is 0 Å². The van der Waals surface area contributed by atoms with Crippen LogP contribution in [-0.4, -0.2) is 62.6 Å². The number of nitrogens with one attached hydrogen (secondary N) is 1. The molecule has 2 aromatic carbocycles. The van der Waals surface area contributed by atoms with E-state index < -0.39 is 5.97 Å². The molecule has 3 aromatic rings. The summed E-state index contributed by atoms with van der Waals surface area (Å²) in [6.45, 7) is 7.24. The SMILES string of the molecule is CC(C)c1cc(-n2nnc(C(=O)O)c2NCc2ccc(N3CCOCC3)cc2)c(O)cc1O. The van der Waals surface area contributed by atoms with Crippen LogP contribution >= 0.6 is 0 Å². The van der Waals surface area contributed by atoms with E-state index in [1.807, 2.05) is 38.1 Å². The maximum atomic E-state index is 11.7. The summed E-state index contributed by atoms with van der Waals surface area (Å²) >= 11 is 0. The quantitative estimate of drug-likeness (QED) is 0.426. The van der Waals surface area contributed by atoms with Crippen molar-refractivity contribution in [2.45, 2.75) is 26.3 Å². The Morgan fingerprint density at radius 1 is 1.12 bits per heavy atom. The summed E-state index contributed by atoms with van der Waals surface area (Å²) in [4.78, 5) is 14.0. The molecule has 174 valence electrons. The number of aromatic nitrogens is 3. The van der Waals surface area contributed by atoms with Crippen LogP contribution < -0.4 is 10.2 Å². The highest BCUT2D eigenvalue weighted by Crippen LogP contribution is 2.35. The molecule has 0 radical (unpaired) electrons. The summed E-state index contributed by atoms with van der Waals surface area (Å²) in [5.74, 6) is -1.41. The Kier molecular flexibility index (Phi) is 6.36. The third-order valence-electron chi connectivity index (χ3n) is 5.62. The molecule has 0 bridgehead atoms. The molecule has 10 heteroatoms. The minimum Gasteiger partial charge on any atom is -0.508 e. The van der Waals surface area contributed by atoms with E-state index >= 15 is 0 Å². The molecule has 0 unspecified atom stereocenters. The van der Waals surface area contributed by atoms with Crippen molar-refractivity contribution in [1.29, 1.82) is 0 Å². The molecule has 0 amide bonds. The minimum atomic E-state index is -1.24. The van der Waals surface area contributed by atoms with Crippen molar-refractivity contribution in [3.8, 4) is 17.2 Å². The number of carboxylic acids is 1. The molecule has 0 atom stereocenters. The van der Waals surface area contributed by atoms with Gasteiger partial charge in [-0.05, 0) is 35.2 Å². The zero-order valence-corrected chi connectivity index (χ0v) is 18.5. The summed E-state index contributed by atoms with van der Waals surface area (Å²) in [7, 11) is 0. The van der Waals surface area contributed by atoms with Crippen LogP contribution in [0.25, 0.3) is 5.69 Å². The predicted molar refractivity (Wildman–Crippen MR) is 123 cm³/mol. The Morgan fingerprint density at radius 2 is 1.82 bits per heavy atom. The average Bonchev–Trinajstić information content (AvgIpc) is 3.22. The molecule has 0 saturated carbocycles. The van der Waals surface area contributed by atoms with Gasteiger partial charge in [0.15, 0.2) is 5.82 Å².